The number of rotatable bonds is 6. The maximum atomic E-state index is 12.4. The molecule has 0 radical (unpaired) electrons. The van der Waals surface area contributed by atoms with Crippen LogP contribution in [0.1, 0.15) is 21.7 Å². The molecule has 1 aromatic heterocycles. The fourth-order valence-corrected chi connectivity index (χ4v) is 4.17. The Morgan fingerprint density at radius 3 is 2.50 bits per heavy atom. The number of amides is 1. The average Bonchev–Trinajstić information content (AvgIpc) is 3.22. The summed E-state index contributed by atoms with van der Waals surface area (Å²) in [7, 11) is -3.69. The van der Waals surface area contributed by atoms with Crippen molar-refractivity contribution in [2.45, 2.75) is 18.4 Å². The quantitative estimate of drug-likeness (QED) is 0.316. The Kier molecular flexibility index (Phi) is 7.23. The number of halogens is 1. The third kappa shape index (κ3) is 5.88. The van der Waals surface area contributed by atoms with Crippen molar-refractivity contribution in [2.75, 3.05) is 5.32 Å². The summed E-state index contributed by atoms with van der Waals surface area (Å²) in [4.78, 5) is 12.4. The van der Waals surface area contributed by atoms with E-state index in [1.165, 1.54) is 18.4 Å². The van der Waals surface area contributed by atoms with E-state index in [2.05, 4.69) is 37.9 Å². The largest absolute Gasteiger partial charge is 0.468 e. The van der Waals surface area contributed by atoms with Crippen molar-refractivity contribution in [2.24, 2.45) is 0 Å². The Morgan fingerprint density at radius 2 is 1.87 bits per heavy atom. The van der Waals surface area contributed by atoms with Gasteiger partial charge in [0.1, 0.15) is 5.76 Å². The van der Waals surface area contributed by atoms with Gasteiger partial charge in [-0.15, -0.1) is 0 Å². The number of hydrogen-bond acceptors (Lipinski definition) is 5. The van der Waals surface area contributed by atoms with Gasteiger partial charge in [0.25, 0.3) is 5.91 Å². The molecule has 156 valence electrons. The summed E-state index contributed by atoms with van der Waals surface area (Å²) in [6.45, 7) is 2.02. The lowest BCUT2D eigenvalue weighted by Gasteiger charge is -2.11. The zero-order valence-electron chi connectivity index (χ0n) is 15.8. The monoisotopic (exact) mass is 555 g/mol. The highest BCUT2D eigenvalue weighted by Gasteiger charge is 2.15. The van der Waals surface area contributed by atoms with Gasteiger partial charge in [-0.2, -0.15) is 0 Å². The van der Waals surface area contributed by atoms with E-state index in [9.17, 15) is 13.2 Å². The van der Waals surface area contributed by atoms with Gasteiger partial charge in [0.2, 0.25) is 10.0 Å². The number of carbonyl (C=O) groups excluding carboxylic acids is 1. The summed E-state index contributed by atoms with van der Waals surface area (Å²) >= 11 is 7.34. The molecule has 1 heterocycles. The predicted octanol–water partition coefficient (Wildman–Crippen LogP) is 3.80. The van der Waals surface area contributed by atoms with Crippen molar-refractivity contribution < 1.29 is 17.6 Å². The Labute approximate surface area is 193 Å². The predicted molar refractivity (Wildman–Crippen MR) is 127 cm³/mol. The molecule has 0 saturated carbocycles. The van der Waals surface area contributed by atoms with E-state index in [0.29, 0.717) is 17.0 Å². The molecular formula is C20H18IN3O4S2. The van der Waals surface area contributed by atoms with Crippen molar-refractivity contribution in [3.8, 4) is 0 Å². The van der Waals surface area contributed by atoms with Gasteiger partial charge in [0, 0.05) is 14.8 Å². The molecule has 30 heavy (non-hydrogen) atoms. The summed E-state index contributed by atoms with van der Waals surface area (Å²) in [5.74, 6) is 0.188. The molecule has 0 spiro atoms. The highest BCUT2D eigenvalue weighted by atomic mass is 127. The maximum absolute atomic E-state index is 12.4. The van der Waals surface area contributed by atoms with E-state index >= 15 is 0 Å². The van der Waals surface area contributed by atoms with Crippen LogP contribution in [0.25, 0.3) is 0 Å². The molecule has 0 aliphatic rings. The molecule has 0 atom stereocenters. The second-order valence-electron chi connectivity index (χ2n) is 6.30. The zero-order chi connectivity index (χ0) is 21.7. The number of carbonyl (C=O) groups is 1. The molecule has 10 heteroatoms. The van der Waals surface area contributed by atoms with Crippen LogP contribution in [0.15, 0.2) is 70.2 Å². The van der Waals surface area contributed by atoms with Crippen LogP contribution in [0, 0.1) is 10.5 Å². The lowest BCUT2D eigenvalue weighted by Crippen LogP contribution is -2.34. The first-order valence-electron chi connectivity index (χ1n) is 8.75. The molecule has 7 nitrogen and oxygen atoms in total. The Morgan fingerprint density at radius 1 is 1.13 bits per heavy atom. The van der Waals surface area contributed by atoms with Crippen molar-refractivity contribution in [1.29, 1.82) is 0 Å². The first-order valence-corrected chi connectivity index (χ1v) is 11.7. The molecule has 0 aliphatic heterocycles. The van der Waals surface area contributed by atoms with Crippen molar-refractivity contribution in [3.05, 3.63) is 81.3 Å². The first kappa shape index (κ1) is 22.4. The lowest BCUT2D eigenvalue weighted by atomic mass is 10.1. The van der Waals surface area contributed by atoms with Crippen LogP contribution in [0.2, 0.25) is 0 Å². The van der Waals surface area contributed by atoms with Crippen molar-refractivity contribution >= 4 is 61.5 Å². The number of sulfonamides is 1. The minimum atomic E-state index is -3.69. The van der Waals surface area contributed by atoms with Gasteiger partial charge in [-0.1, -0.05) is 6.07 Å². The second kappa shape index (κ2) is 9.69. The second-order valence-corrected chi connectivity index (χ2v) is 9.64. The van der Waals surface area contributed by atoms with E-state index in [0.717, 1.165) is 9.13 Å². The molecule has 3 N–H and O–H groups in total. The summed E-state index contributed by atoms with van der Waals surface area (Å²) < 4.78 is 33.3. The molecule has 0 fully saturated rings. The van der Waals surface area contributed by atoms with E-state index in [1.807, 2.05) is 13.0 Å². The summed E-state index contributed by atoms with van der Waals surface area (Å²) in [6.07, 6.45) is 1.48. The van der Waals surface area contributed by atoms with Crippen LogP contribution >= 0.6 is 34.8 Å². The molecule has 0 saturated heterocycles. The van der Waals surface area contributed by atoms with Crippen molar-refractivity contribution in [1.82, 2.24) is 10.0 Å². The normalized spacial score (nSPS) is 11.1. The number of furan rings is 1. The third-order valence-corrected chi connectivity index (χ3v) is 6.88. The molecule has 1 amide bonds. The Bertz CT molecular complexity index is 1160. The van der Waals surface area contributed by atoms with Crippen molar-refractivity contribution in [3.63, 3.8) is 0 Å². The number of aryl methyl sites for hydroxylation is 1. The summed E-state index contributed by atoms with van der Waals surface area (Å²) in [5, 5.41) is 5.59. The Hall–Kier alpha value is -2.28. The standard InChI is InChI=1S/C20H18IN3O4S2/c1-13-4-5-14(11-18(13)21)19(25)24-20(29)23-15-6-8-17(9-7-15)30(26,27)22-12-16-3-2-10-28-16/h2-11,22H,12H2,1H3,(H2,23,24,25,29). The van der Waals surface area contributed by atoms with E-state index in [1.54, 1.807) is 36.4 Å². The van der Waals surface area contributed by atoms with Crippen LogP contribution in [0.3, 0.4) is 0 Å². The van der Waals surface area contributed by atoms with Crippen LogP contribution in [0.4, 0.5) is 5.69 Å². The lowest BCUT2D eigenvalue weighted by molar-refractivity contribution is 0.0977. The zero-order valence-corrected chi connectivity index (χ0v) is 19.6. The highest BCUT2D eigenvalue weighted by Crippen LogP contribution is 2.16. The van der Waals surface area contributed by atoms with Gasteiger partial charge in [-0.3, -0.25) is 10.1 Å². The maximum Gasteiger partial charge on any atom is 0.257 e. The van der Waals surface area contributed by atoms with Gasteiger partial charge in [0.05, 0.1) is 17.7 Å². The van der Waals surface area contributed by atoms with Gasteiger partial charge in [-0.25, -0.2) is 13.1 Å². The minimum Gasteiger partial charge on any atom is -0.468 e. The molecular weight excluding hydrogens is 537 g/mol. The number of thiocarbonyl (C=S) groups is 1. The third-order valence-electron chi connectivity index (χ3n) is 4.10. The molecule has 0 bridgehead atoms. The fraction of sp³-hybridized carbons (Fsp3) is 0.100. The summed E-state index contributed by atoms with van der Waals surface area (Å²) in [5.41, 5.74) is 2.13. The molecule has 2 aromatic carbocycles. The SMILES string of the molecule is Cc1ccc(C(=O)NC(=S)Nc2ccc(S(=O)(=O)NCc3ccco3)cc2)cc1I. The van der Waals surface area contributed by atoms with Gasteiger partial charge < -0.3 is 9.73 Å². The van der Waals surface area contributed by atoms with Crippen LogP contribution in [-0.2, 0) is 16.6 Å². The summed E-state index contributed by atoms with van der Waals surface area (Å²) in [6, 6.07) is 14.8. The minimum absolute atomic E-state index is 0.0589. The number of benzene rings is 2. The molecule has 0 aliphatic carbocycles. The smallest absolute Gasteiger partial charge is 0.257 e. The Balaban J connectivity index is 1.58. The molecule has 0 unspecified atom stereocenters. The molecule has 3 rings (SSSR count). The van der Waals surface area contributed by atoms with E-state index in [-0.39, 0.29) is 22.5 Å². The average molecular weight is 555 g/mol. The highest BCUT2D eigenvalue weighted by molar-refractivity contribution is 14.1. The van der Waals surface area contributed by atoms with E-state index in [4.69, 9.17) is 16.6 Å². The van der Waals surface area contributed by atoms with Crippen LogP contribution in [0.5, 0.6) is 0 Å². The van der Waals surface area contributed by atoms with Gasteiger partial charge >= 0.3 is 0 Å². The first-order chi connectivity index (χ1) is 14.2. The van der Waals surface area contributed by atoms with E-state index < -0.39 is 10.0 Å². The van der Waals surface area contributed by atoms with Crippen LogP contribution in [-0.4, -0.2) is 19.4 Å². The fourth-order valence-electron chi connectivity index (χ4n) is 2.45. The number of nitrogens with one attached hydrogen (secondary N) is 3. The molecule has 3 aromatic rings. The van der Waals surface area contributed by atoms with Gasteiger partial charge in [0.15, 0.2) is 5.11 Å². The number of anilines is 1. The van der Waals surface area contributed by atoms with Crippen LogP contribution < -0.4 is 15.4 Å². The van der Waals surface area contributed by atoms with Gasteiger partial charge in [-0.05, 0) is 95.8 Å². The topological polar surface area (TPSA) is 100 Å². The number of hydrogen-bond donors (Lipinski definition) is 3.